The number of aromatic nitrogens is 2. The normalized spacial score (nSPS) is 11.4. The minimum absolute atomic E-state index is 0.254. The Labute approximate surface area is 167 Å². The molecule has 0 atom stereocenters. The maximum atomic E-state index is 12.3. The molecule has 27 heavy (non-hydrogen) atoms. The van der Waals surface area contributed by atoms with Gasteiger partial charge < -0.3 is 5.32 Å². The van der Waals surface area contributed by atoms with E-state index in [4.69, 9.17) is 11.6 Å². The monoisotopic (exact) mass is 397 g/mol. The molecule has 1 aromatic heterocycles. The summed E-state index contributed by atoms with van der Waals surface area (Å²) >= 11 is 7.54. The van der Waals surface area contributed by atoms with Crippen LogP contribution in [0.25, 0.3) is 11.1 Å². The molecule has 3 rings (SSSR count). The van der Waals surface area contributed by atoms with Crippen LogP contribution in [0.5, 0.6) is 0 Å². The van der Waals surface area contributed by atoms with Crippen LogP contribution in [0, 0.1) is 6.92 Å². The van der Waals surface area contributed by atoms with Crippen LogP contribution in [0.15, 0.2) is 48.5 Å². The molecule has 0 radical (unpaired) electrons. The van der Waals surface area contributed by atoms with Crippen molar-refractivity contribution in [1.29, 1.82) is 0 Å². The average molecular weight is 398 g/mol. The first-order valence-electron chi connectivity index (χ1n) is 8.69. The lowest BCUT2D eigenvalue weighted by Crippen LogP contribution is -2.22. The van der Waals surface area contributed by atoms with Gasteiger partial charge in [-0.25, -0.2) is 0 Å². The predicted molar refractivity (Wildman–Crippen MR) is 112 cm³/mol. The van der Waals surface area contributed by atoms with E-state index < -0.39 is 0 Å². The van der Waals surface area contributed by atoms with Crippen LogP contribution < -0.4 is 5.32 Å². The lowest BCUT2D eigenvalue weighted by atomic mass is 10.1. The van der Waals surface area contributed by atoms with Gasteiger partial charge in [0.2, 0.25) is 5.01 Å². The number of nitrogens with zero attached hydrogens (tertiary/aromatic N) is 2. The predicted octanol–water partition coefficient (Wildman–Crippen LogP) is 5.08. The Morgan fingerprint density at radius 2 is 1.67 bits per heavy atom. The standard InChI is InChI=1S/C21H20ClN3OS/c1-3-15-8-10-16(11-9-15)12-18(22)20-24-25-21(27-20)19(26)23-13-17-6-4-14(2)5-7-17/h4-12H,3,13H2,1-2H3,(H,23,26)/b18-12-. The third kappa shape index (κ3) is 5.25. The van der Waals surface area contributed by atoms with Gasteiger partial charge in [-0.2, -0.15) is 0 Å². The smallest absolute Gasteiger partial charge is 0.282 e. The van der Waals surface area contributed by atoms with Crippen molar-refractivity contribution in [1.82, 2.24) is 15.5 Å². The Morgan fingerprint density at radius 3 is 2.33 bits per heavy atom. The molecule has 3 aromatic rings. The minimum atomic E-state index is -0.254. The lowest BCUT2D eigenvalue weighted by Gasteiger charge is -2.03. The number of amides is 1. The molecule has 0 spiro atoms. The lowest BCUT2D eigenvalue weighted by molar-refractivity contribution is 0.0950. The number of halogens is 1. The van der Waals surface area contributed by atoms with Gasteiger partial charge in [0.05, 0.1) is 5.03 Å². The molecule has 4 nitrogen and oxygen atoms in total. The van der Waals surface area contributed by atoms with Crippen molar-refractivity contribution in [2.45, 2.75) is 26.8 Å². The highest BCUT2D eigenvalue weighted by atomic mass is 35.5. The van der Waals surface area contributed by atoms with Crippen LogP contribution in [0.4, 0.5) is 0 Å². The second kappa shape index (κ2) is 8.93. The first-order chi connectivity index (χ1) is 13.0. The summed E-state index contributed by atoms with van der Waals surface area (Å²) in [5.74, 6) is -0.254. The fourth-order valence-electron chi connectivity index (χ4n) is 2.43. The minimum Gasteiger partial charge on any atom is -0.346 e. The maximum Gasteiger partial charge on any atom is 0.282 e. The zero-order chi connectivity index (χ0) is 19.2. The topological polar surface area (TPSA) is 54.9 Å². The molecular formula is C21H20ClN3OS. The number of carbonyl (C=O) groups is 1. The zero-order valence-electron chi connectivity index (χ0n) is 15.2. The Morgan fingerprint density at radius 1 is 1.04 bits per heavy atom. The van der Waals surface area contributed by atoms with Gasteiger partial charge in [0.1, 0.15) is 0 Å². The van der Waals surface area contributed by atoms with Crippen LogP contribution in [0.2, 0.25) is 0 Å². The molecule has 1 heterocycles. The van der Waals surface area contributed by atoms with Crippen LogP contribution in [-0.4, -0.2) is 16.1 Å². The van der Waals surface area contributed by atoms with E-state index in [0.29, 0.717) is 21.6 Å². The molecule has 0 aliphatic rings. The molecule has 2 aromatic carbocycles. The zero-order valence-corrected chi connectivity index (χ0v) is 16.8. The maximum absolute atomic E-state index is 12.3. The third-order valence-electron chi connectivity index (χ3n) is 4.08. The van der Waals surface area contributed by atoms with Crippen molar-refractivity contribution < 1.29 is 4.79 Å². The number of nitrogens with one attached hydrogen (secondary N) is 1. The van der Waals surface area contributed by atoms with E-state index >= 15 is 0 Å². The van der Waals surface area contributed by atoms with Gasteiger partial charge in [-0.3, -0.25) is 4.79 Å². The summed E-state index contributed by atoms with van der Waals surface area (Å²) in [7, 11) is 0. The Bertz CT molecular complexity index is 946. The van der Waals surface area contributed by atoms with Crippen molar-refractivity contribution >= 4 is 40.0 Å². The van der Waals surface area contributed by atoms with Crippen molar-refractivity contribution in [3.8, 4) is 0 Å². The molecule has 0 saturated carbocycles. The molecule has 0 fully saturated rings. The number of hydrogen-bond acceptors (Lipinski definition) is 4. The van der Waals surface area contributed by atoms with Gasteiger partial charge in [0.25, 0.3) is 5.91 Å². The number of hydrogen-bond donors (Lipinski definition) is 1. The summed E-state index contributed by atoms with van der Waals surface area (Å²) in [6.45, 7) is 4.59. The molecule has 0 bridgehead atoms. The van der Waals surface area contributed by atoms with Crippen molar-refractivity contribution in [3.05, 3.63) is 80.8 Å². The van der Waals surface area contributed by atoms with Gasteiger partial charge in [0.15, 0.2) is 5.01 Å². The summed E-state index contributed by atoms with van der Waals surface area (Å²) < 4.78 is 0. The van der Waals surface area contributed by atoms with E-state index in [9.17, 15) is 4.79 Å². The third-order valence-corrected chi connectivity index (χ3v) is 5.43. The second-order valence-electron chi connectivity index (χ2n) is 6.17. The van der Waals surface area contributed by atoms with Gasteiger partial charge >= 0.3 is 0 Å². The largest absolute Gasteiger partial charge is 0.346 e. The fourth-order valence-corrected chi connectivity index (χ4v) is 3.38. The van der Waals surface area contributed by atoms with Gasteiger partial charge in [0, 0.05) is 6.54 Å². The van der Waals surface area contributed by atoms with Crippen molar-refractivity contribution in [2.75, 3.05) is 0 Å². The molecule has 0 aliphatic heterocycles. The Hall–Kier alpha value is -2.50. The van der Waals surface area contributed by atoms with Crippen molar-refractivity contribution in [2.24, 2.45) is 0 Å². The Kier molecular flexibility index (Phi) is 6.37. The van der Waals surface area contributed by atoms with Crippen molar-refractivity contribution in [3.63, 3.8) is 0 Å². The molecule has 0 saturated heterocycles. The SMILES string of the molecule is CCc1ccc(/C=C(\Cl)c2nnc(C(=O)NCc3ccc(C)cc3)s2)cc1. The van der Waals surface area contributed by atoms with Crippen LogP contribution in [0.1, 0.15) is 44.0 Å². The summed E-state index contributed by atoms with van der Waals surface area (Å²) in [5, 5.41) is 12.1. The molecule has 1 amide bonds. The molecular weight excluding hydrogens is 378 g/mol. The number of rotatable bonds is 6. The highest BCUT2D eigenvalue weighted by Crippen LogP contribution is 2.25. The van der Waals surface area contributed by atoms with Gasteiger partial charge in [-0.05, 0) is 36.1 Å². The average Bonchev–Trinajstić information content (AvgIpc) is 3.18. The van der Waals surface area contributed by atoms with E-state index in [2.05, 4.69) is 34.6 Å². The summed E-state index contributed by atoms with van der Waals surface area (Å²) in [6.07, 6.45) is 2.82. The molecule has 0 aliphatic carbocycles. The number of benzene rings is 2. The number of carbonyl (C=O) groups excluding carboxylic acids is 1. The summed E-state index contributed by atoms with van der Waals surface area (Å²) in [4.78, 5) is 12.3. The van der Waals surface area contributed by atoms with Crippen LogP contribution in [-0.2, 0) is 13.0 Å². The number of aryl methyl sites for hydroxylation is 2. The molecule has 0 unspecified atom stereocenters. The highest BCUT2D eigenvalue weighted by molar-refractivity contribution is 7.15. The highest BCUT2D eigenvalue weighted by Gasteiger charge is 2.14. The summed E-state index contributed by atoms with van der Waals surface area (Å²) in [5.41, 5.74) is 4.47. The molecule has 1 N–H and O–H groups in total. The van der Waals surface area contributed by atoms with E-state index in [1.165, 1.54) is 22.5 Å². The van der Waals surface area contributed by atoms with E-state index in [0.717, 1.165) is 17.5 Å². The van der Waals surface area contributed by atoms with E-state index in [1.54, 1.807) is 0 Å². The Balaban J connectivity index is 1.64. The molecule has 138 valence electrons. The molecule has 6 heteroatoms. The first kappa shape index (κ1) is 19.3. The van der Waals surface area contributed by atoms with Gasteiger partial charge in [-0.15, -0.1) is 10.2 Å². The quantitative estimate of drug-likeness (QED) is 0.631. The van der Waals surface area contributed by atoms with Crippen LogP contribution in [0.3, 0.4) is 0 Å². The van der Waals surface area contributed by atoms with E-state index in [-0.39, 0.29) is 5.91 Å². The first-order valence-corrected chi connectivity index (χ1v) is 9.88. The second-order valence-corrected chi connectivity index (χ2v) is 7.55. The van der Waals surface area contributed by atoms with Gasteiger partial charge in [-0.1, -0.05) is 84.0 Å². The fraction of sp³-hybridized carbons (Fsp3) is 0.190. The van der Waals surface area contributed by atoms with E-state index in [1.807, 2.05) is 49.4 Å². The van der Waals surface area contributed by atoms with Crippen LogP contribution >= 0.6 is 22.9 Å². The summed E-state index contributed by atoms with van der Waals surface area (Å²) in [6, 6.07) is 16.2.